The number of halogens is 1. The van der Waals surface area contributed by atoms with E-state index in [0.717, 1.165) is 5.69 Å². The lowest BCUT2D eigenvalue weighted by Gasteiger charge is -2.22. The monoisotopic (exact) mass is 289 g/mol. The molecular weight excluding hydrogens is 270 g/mol. The number of amides is 1. The van der Waals surface area contributed by atoms with Crippen molar-refractivity contribution in [1.82, 2.24) is 10.3 Å². The molecule has 102 valence electrons. The molecule has 0 bridgehead atoms. The third-order valence-corrected chi connectivity index (χ3v) is 3.76. The number of hydrogen-bond donors (Lipinski definition) is 2. The van der Waals surface area contributed by atoms with Crippen molar-refractivity contribution in [3.8, 4) is 0 Å². The van der Waals surface area contributed by atoms with E-state index in [0.29, 0.717) is 18.7 Å². The molecule has 4 nitrogen and oxygen atoms in total. The van der Waals surface area contributed by atoms with Crippen molar-refractivity contribution < 1.29 is 4.79 Å². The summed E-state index contributed by atoms with van der Waals surface area (Å²) < 4.78 is 0.0411. The van der Waals surface area contributed by atoms with E-state index in [2.05, 4.69) is 24.1 Å². The Balaban J connectivity index is 0.00000289. The van der Waals surface area contributed by atoms with Crippen molar-refractivity contribution in [1.29, 1.82) is 0 Å². The molecule has 0 spiro atoms. The van der Waals surface area contributed by atoms with Crippen molar-refractivity contribution in [2.75, 3.05) is 12.8 Å². The molecule has 1 amide bonds. The van der Waals surface area contributed by atoms with Gasteiger partial charge in [-0.15, -0.1) is 12.4 Å². The van der Waals surface area contributed by atoms with Crippen LogP contribution < -0.4 is 11.1 Å². The van der Waals surface area contributed by atoms with Crippen LogP contribution in [0, 0.1) is 0 Å². The second kappa shape index (κ2) is 7.61. The highest BCUT2D eigenvalue weighted by atomic mass is 35.5. The maximum absolute atomic E-state index is 11.9. The van der Waals surface area contributed by atoms with Gasteiger partial charge in [-0.3, -0.25) is 9.78 Å². The molecule has 0 aliphatic heterocycles. The molecule has 0 fully saturated rings. The number of rotatable bonds is 5. The number of hydrogen-bond acceptors (Lipinski definition) is 4. The molecule has 0 atom stereocenters. The first-order chi connectivity index (χ1) is 7.98. The molecule has 1 aromatic rings. The molecule has 0 radical (unpaired) electrons. The van der Waals surface area contributed by atoms with E-state index in [1.165, 1.54) is 0 Å². The van der Waals surface area contributed by atoms with Gasteiger partial charge in [-0.1, -0.05) is 0 Å². The fourth-order valence-electron chi connectivity index (χ4n) is 1.20. The minimum atomic E-state index is -0.0794. The molecule has 0 saturated carbocycles. The summed E-state index contributed by atoms with van der Waals surface area (Å²) in [7, 11) is 0. The molecule has 1 rings (SSSR count). The van der Waals surface area contributed by atoms with Crippen LogP contribution in [0.4, 0.5) is 0 Å². The smallest absolute Gasteiger partial charge is 0.251 e. The summed E-state index contributed by atoms with van der Waals surface area (Å²) in [6.45, 7) is 5.16. The van der Waals surface area contributed by atoms with Crippen LogP contribution in [0.1, 0.15) is 29.9 Å². The minimum absolute atomic E-state index is 0. The number of thioether (sulfide) groups is 1. The van der Waals surface area contributed by atoms with Crippen LogP contribution in [0.25, 0.3) is 0 Å². The zero-order valence-electron chi connectivity index (χ0n) is 10.9. The number of nitrogens with two attached hydrogens (primary N) is 1. The topological polar surface area (TPSA) is 68.0 Å². The van der Waals surface area contributed by atoms with Crippen LogP contribution in [0.3, 0.4) is 0 Å². The molecule has 0 saturated heterocycles. The largest absolute Gasteiger partial charge is 0.351 e. The second-order valence-electron chi connectivity index (χ2n) is 4.39. The molecular formula is C12H20ClN3OS. The lowest BCUT2D eigenvalue weighted by Crippen LogP contribution is -2.36. The molecule has 0 unspecified atom stereocenters. The SMILES string of the molecule is CSC(C)(C)CNC(=O)c1ccnc(CN)c1.Cl. The van der Waals surface area contributed by atoms with E-state index < -0.39 is 0 Å². The van der Waals surface area contributed by atoms with Gasteiger partial charge in [-0.2, -0.15) is 11.8 Å². The predicted octanol–water partition coefficient (Wildman–Crippen LogP) is 1.83. The quantitative estimate of drug-likeness (QED) is 0.868. The van der Waals surface area contributed by atoms with E-state index in [1.807, 2.05) is 6.26 Å². The van der Waals surface area contributed by atoms with Crippen LogP contribution in [0.15, 0.2) is 18.3 Å². The second-order valence-corrected chi connectivity index (χ2v) is 5.90. The first kappa shape index (κ1) is 17.2. The standard InChI is InChI=1S/C12H19N3OS.ClH/c1-12(2,17-3)8-15-11(16)9-4-5-14-10(6-9)7-13;/h4-6H,7-8,13H2,1-3H3,(H,15,16);1H. The first-order valence-electron chi connectivity index (χ1n) is 5.47. The molecule has 18 heavy (non-hydrogen) atoms. The van der Waals surface area contributed by atoms with Crippen molar-refractivity contribution in [2.45, 2.75) is 25.1 Å². The Morgan fingerprint density at radius 2 is 2.22 bits per heavy atom. The Kier molecular flexibility index (Phi) is 7.28. The Hall–Kier alpha value is -0.780. The van der Waals surface area contributed by atoms with Crippen LogP contribution >= 0.6 is 24.2 Å². The van der Waals surface area contributed by atoms with Gasteiger partial charge in [-0.05, 0) is 32.2 Å². The summed E-state index contributed by atoms with van der Waals surface area (Å²) in [5, 5.41) is 2.91. The van der Waals surface area contributed by atoms with Gasteiger partial charge in [0.05, 0.1) is 5.69 Å². The summed E-state index contributed by atoms with van der Waals surface area (Å²) in [4.78, 5) is 15.9. The van der Waals surface area contributed by atoms with Crippen LogP contribution in [-0.2, 0) is 6.54 Å². The van der Waals surface area contributed by atoms with Gasteiger partial charge < -0.3 is 11.1 Å². The Morgan fingerprint density at radius 1 is 1.56 bits per heavy atom. The van der Waals surface area contributed by atoms with Gasteiger partial charge in [0.25, 0.3) is 5.91 Å². The molecule has 0 aliphatic carbocycles. The fraction of sp³-hybridized carbons (Fsp3) is 0.500. The fourth-order valence-corrected chi connectivity index (χ4v) is 1.41. The van der Waals surface area contributed by atoms with Gasteiger partial charge in [-0.25, -0.2) is 0 Å². The van der Waals surface area contributed by atoms with Gasteiger partial charge in [0.15, 0.2) is 0 Å². The number of carbonyl (C=O) groups excluding carboxylic acids is 1. The number of nitrogens with one attached hydrogen (secondary N) is 1. The molecule has 1 aromatic heterocycles. The van der Waals surface area contributed by atoms with Crippen molar-refractivity contribution in [2.24, 2.45) is 5.73 Å². The van der Waals surface area contributed by atoms with E-state index >= 15 is 0 Å². The van der Waals surface area contributed by atoms with Crippen molar-refractivity contribution >= 4 is 30.1 Å². The minimum Gasteiger partial charge on any atom is -0.351 e. The molecule has 0 aromatic carbocycles. The normalized spacial score (nSPS) is 10.7. The molecule has 0 aliphatic rings. The average molecular weight is 290 g/mol. The highest BCUT2D eigenvalue weighted by Crippen LogP contribution is 2.19. The number of nitrogens with zero attached hydrogens (tertiary/aromatic N) is 1. The lowest BCUT2D eigenvalue weighted by atomic mass is 10.2. The van der Waals surface area contributed by atoms with Crippen molar-refractivity contribution in [3.05, 3.63) is 29.6 Å². The molecule has 6 heteroatoms. The zero-order chi connectivity index (χ0) is 12.9. The van der Waals surface area contributed by atoms with E-state index in [9.17, 15) is 4.79 Å². The third-order valence-electron chi connectivity index (χ3n) is 2.52. The maximum Gasteiger partial charge on any atom is 0.251 e. The number of aromatic nitrogens is 1. The summed E-state index contributed by atoms with van der Waals surface area (Å²) in [5.41, 5.74) is 6.82. The van der Waals surface area contributed by atoms with Crippen LogP contribution in [0.2, 0.25) is 0 Å². The van der Waals surface area contributed by atoms with Gasteiger partial charge >= 0.3 is 0 Å². The van der Waals surface area contributed by atoms with Crippen molar-refractivity contribution in [3.63, 3.8) is 0 Å². The Morgan fingerprint density at radius 3 is 2.78 bits per heavy atom. The molecule has 3 N–H and O–H groups in total. The van der Waals surface area contributed by atoms with E-state index in [-0.39, 0.29) is 23.1 Å². The summed E-state index contributed by atoms with van der Waals surface area (Å²) in [6.07, 6.45) is 3.64. The van der Waals surface area contributed by atoms with E-state index in [4.69, 9.17) is 5.73 Å². The highest BCUT2D eigenvalue weighted by molar-refractivity contribution is 7.99. The zero-order valence-corrected chi connectivity index (χ0v) is 12.5. The number of carbonyl (C=O) groups is 1. The summed E-state index contributed by atoms with van der Waals surface area (Å²) in [5.74, 6) is -0.0794. The van der Waals surface area contributed by atoms with Gasteiger partial charge in [0.1, 0.15) is 0 Å². The summed E-state index contributed by atoms with van der Waals surface area (Å²) >= 11 is 1.72. The predicted molar refractivity (Wildman–Crippen MR) is 79.3 cm³/mol. The van der Waals surface area contributed by atoms with Gasteiger partial charge in [0.2, 0.25) is 0 Å². The Bertz CT molecular complexity index is 399. The first-order valence-corrected chi connectivity index (χ1v) is 6.69. The van der Waals surface area contributed by atoms with Gasteiger partial charge in [0, 0.05) is 29.6 Å². The average Bonchev–Trinajstić information content (AvgIpc) is 2.36. The summed E-state index contributed by atoms with van der Waals surface area (Å²) in [6, 6.07) is 3.42. The number of pyridine rings is 1. The maximum atomic E-state index is 11.9. The third kappa shape index (κ3) is 5.25. The van der Waals surface area contributed by atoms with Crippen LogP contribution in [0.5, 0.6) is 0 Å². The van der Waals surface area contributed by atoms with E-state index in [1.54, 1.807) is 30.1 Å². The highest BCUT2D eigenvalue weighted by Gasteiger charge is 2.17. The molecule has 1 heterocycles. The Labute approximate surface area is 119 Å². The lowest BCUT2D eigenvalue weighted by molar-refractivity contribution is 0.0950. The van der Waals surface area contributed by atoms with Crippen LogP contribution in [-0.4, -0.2) is 28.4 Å².